The van der Waals surface area contributed by atoms with Crippen LogP contribution in [-0.4, -0.2) is 45.2 Å². The van der Waals surface area contributed by atoms with E-state index in [9.17, 15) is 4.79 Å². The van der Waals surface area contributed by atoms with Crippen molar-refractivity contribution >= 4 is 41.5 Å². The molecule has 0 spiro atoms. The Hall–Kier alpha value is -1.35. The second-order valence-electron chi connectivity index (χ2n) is 6.96. The Morgan fingerprint density at radius 1 is 1.22 bits per heavy atom. The molecule has 0 unspecified atom stereocenters. The Kier molecular flexibility index (Phi) is 11.3. The van der Waals surface area contributed by atoms with Crippen LogP contribution in [0.15, 0.2) is 29.3 Å². The highest BCUT2D eigenvalue weighted by Gasteiger charge is 2.21. The van der Waals surface area contributed by atoms with Crippen molar-refractivity contribution in [2.24, 2.45) is 10.9 Å². The number of benzene rings is 1. The number of rotatable bonds is 9. The van der Waals surface area contributed by atoms with Crippen LogP contribution in [-0.2, 0) is 16.1 Å². The van der Waals surface area contributed by atoms with Crippen molar-refractivity contribution in [1.82, 2.24) is 10.6 Å². The zero-order valence-electron chi connectivity index (χ0n) is 16.7. The molecule has 0 bridgehead atoms. The number of halogens is 1. The molecule has 0 radical (unpaired) electrons. The average Bonchev–Trinajstić information content (AvgIpc) is 3.06. The molecule has 1 aromatic carbocycles. The molecule has 152 valence electrons. The summed E-state index contributed by atoms with van der Waals surface area (Å²) in [5.74, 6) is 1.65. The normalized spacial score (nSPS) is 14.4. The molecule has 0 saturated carbocycles. The molecule has 27 heavy (non-hydrogen) atoms. The van der Waals surface area contributed by atoms with Gasteiger partial charge in [-0.2, -0.15) is 0 Å². The molecule has 1 amide bonds. The van der Waals surface area contributed by atoms with Gasteiger partial charge in [0.05, 0.1) is 6.61 Å². The van der Waals surface area contributed by atoms with Crippen LogP contribution in [0.5, 0.6) is 0 Å². The summed E-state index contributed by atoms with van der Waals surface area (Å²) in [7, 11) is 1.76. The summed E-state index contributed by atoms with van der Waals surface area (Å²) in [6.45, 7) is 8.11. The van der Waals surface area contributed by atoms with E-state index in [2.05, 4.69) is 41.6 Å². The number of carbonyl (C=O) groups excluding carboxylic acids is 1. The molecule has 0 aliphatic carbocycles. The van der Waals surface area contributed by atoms with Crippen molar-refractivity contribution in [2.75, 3.05) is 38.3 Å². The predicted molar refractivity (Wildman–Crippen MR) is 122 cm³/mol. The third kappa shape index (κ3) is 8.47. The lowest BCUT2D eigenvalue weighted by Gasteiger charge is -2.16. The maximum Gasteiger partial charge on any atom is 0.227 e. The first kappa shape index (κ1) is 23.7. The number of nitrogens with one attached hydrogen (secondary N) is 2. The third-order valence-electron chi connectivity index (χ3n) is 4.38. The summed E-state index contributed by atoms with van der Waals surface area (Å²) < 4.78 is 5.60. The minimum Gasteiger partial charge on any atom is -0.380 e. The number of amides is 1. The fraction of sp³-hybridized carbons (Fsp3) is 0.600. The fourth-order valence-electron chi connectivity index (χ4n) is 2.78. The molecule has 1 aliphatic rings. The van der Waals surface area contributed by atoms with E-state index in [0.29, 0.717) is 25.5 Å². The van der Waals surface area contributed by atoms with E-state index in [-0.39, 0.29) is 29.9 Å². The van der Waals surface area contributed by atoms with Crippen LogP contribution in [0.1, 0.15) is 38.7 Å². The molecule has 2 rings (SSSR count). The van der Waals surface area contributed by atoms with E-state index in [1.807, 2.05) is 17.0 Å². The smallest absolute Gasteiger partial charge is 0.227 e. The zero-order chi connectivity index (χ0) is 18.8. The molecule has 1 fully saturated rings. The molecule has 0 atom stereocenters. The van der Waals surface area contributed by atoms with Crippen molar-refractivity contribution in [3.8, 4) is 0 Å². The number of anilines is 1. The van der Waals surface area contributed by atoms with Gasteiger partial charge < -0.3 is 20.3 Å². The van der Waals surface area contributed by atoms with Gasteiger partial charge in [0, 0.05) is 45.4 Å². The van der Waals surface area contributed by atoms with Gasteiger partial charge in [-0.25, -0.2) is 0 Å². The number of hydrogen-bond donors (Lipinski definition) is 2. The summed E-state index contributed by atoms with van der Waals surface area (Å²) in [4.78, 5) is 17.9. The number of ether oxygens (including phenoxy) is 1. The third-order valence-corrected chi connectivity index (χ3v) is 4.38. The Bertz CT molecular complexity index is 590. The van der Waals surface area contributed by atoms with E-state index in [1.54, 1.807) is 7.05 Å². The largest absolute Gasteiger partial charge is 0.380 e. The van der Waals surface area contributed by atoms with Crippen LogP contribution in [0.4, 0.5) is 5.69 Å². The first-order chi connectivity index (χ1) is 12.6. The highest BCUT2D eigenvalue weighted by Crippen LogP contribution is 2.21. The lowest BCUT2D eigenvalue weighted by molar-refractivity contribution is -0.117. The van der Waals surface area contributed by atoms with E-state index in [4.69, 9.17) is 4.74 Å². The molecule has 2 N–H and O–H groups in total. The summed E-state index contributed by atoms with van der Waals surface area (Å²) >= 11 is 0. The first-order valence-electron chi connectivity index (χ1n) is 9.51. The van der Waals surface area contributed by atoms with E-state index in [0.717, 1.165) is 49.7 Å². The van der Waals surface area contributed by atoms with Crippen molar-refractivity contribution in [3.05, 3.63) is 29.8 Å². The summed E-state index contributed by atoms with van der Waals surface area (Å²) in [5.41, 5.74) is 2.13. The standard InChI is InChI=1S/C20H32N4O2.HI/c1-16(2)10-13-26-14-11-22-20(21-3)23-15-17-6-8-18(9-7-17)24-12-4-5-19(24)25;/h6-9,16H,4-5,10-15H2,1-3H3,(H2,21,22,23);1H. The lowest BCUT2D eigenvalue weighted by atomic mass is 10.1. The Balaban J connectivity index is 0.00000364. The molecular formula is C20H33IN4O2. The molecular weight excluding hydrogens is 455 g/mol. The highest BCUT2D eigenvalue weighted by atomic mass is 127. The van der Waals surface area contributed by atoms with Crippen LogP contribution in [0.25, 0.3) is 0 Å². The second-order valence-corrected chi connectivity index (χ2v) is 6.96. The first-order valence-corrected chi connectivity index (χ1v) is 9.51. The SMILES string of the molecule is CN=C(NCCOCCC(C)C)NCc1ccc(N2CCCC2=O)cc1.I. The van der Waals surface area contributed by atoms with Crippen molar-refractivity contribution in [2.45, 2.75) is 39.7 Å². The predicted octanol–water partition coefficient (Wildman–Crippen LogP) is 3.16. The summed E-state index contributed by atoms with van der Waals surface area (Å²) in [6, 6.07) is 8.13. The van der Waals surface area contributed by atoms with Crippen LogP contribution >= 0.6 is 24.0 Å². The van der Waals surface area contributed by atoms with Gasteiger partial charge in [-0.05, 0) is 36.5 Å². The van der Waals surface area contributed by atoms with Gasteiger partial charge in [-0.15, -0.1) is 24.0 Å². The number of carbonyl (C=O) groups is 1. The number of aliphatic imine (C=N–C) groups is 1. The van der Waals surface area contributed by atoms with Crippen molar-refractivity contribution in [3.63, 3.8) is 0 Å². The minimum absolute atomic E-state index is 0. The van der Waals surface area contributed by atoms with E-state index in [1.165, 1.54) is 0 Å². The molecule has 1 saturated heterocycles. The summed E-state index contributed by atoms with van der Waals surface area (Å²) in [6.07, 6.45) is 2.70. The zero-order valence-corrected chi connectivity index (χ0v) is 19.0. The van der Waals surface area contributed by atoms with E-state index >= 15 is 0 Å². The van der Waals surface area contributed by atoms with Gasteiger partial charge in [-0.1, -0.05) is 26.0 Å². The molecule has 6 nitrogen and oxygen atoms in total. The van der Waals surface area contributed by atoms with Gasteiger partial charge >= 0.3 is 0 Å². The van der Waals surface area contributed by atoms with Crippen LogP contribution in [0.3, 0.4) is 0 Å². The number of hydrogen-bond acceptors (Lipinski definition) is 3. The van der Waals surface area contributed by atoms with Gasteiger partial charge in [0.1, 0.15) is 0 Å². The Morgan fingerprint density at radius 2 is 1.96 bits per heavy atom. The molecule has 7 heteroatoms. The summed E-state index contributed by atoms with van der Waals surface area (Å²) in [5, 5.41) is 6.55. The van der Waals surface area contributed by atoms with Gasteiger partial charge in [0.15, 0.2) is 5.96 Å². The average molecular weight is 488 g/mol. The lowest BCUT2D eigenvalue weighted by Crippen LogP contribution is -2.38. The molecule has 1 aliphatic heterocycles. The van der Waals surface area contributed by atoms with Gasteiger partial charge in [0.2, 0.25) is 5.91 Å². The van der Waals surface area contributed by atoms with E-state index < -0.39 is 0 Å². The molecule has 1 aromatic rings. The second kappa shape index (κ2) is 12.9. The Morgan fingerprint density at radius 3 is 2.56 bits per heavy atom. The monoisotopic (exact) mass is 488 g/mol. The van der Waals surface area contributed by atoms with Gasteiger partial charge in [0.25, 0.3) is 0 Å². The van der Waals surface area contributed by atoms with Crippen molar-refractivity contribution in [1.29, 1.82) is 0 Å². The number of guanidine groups is 1. The maximum absolute atomic E-state index is 11.8. The van der Waals surface area contributed by atoms with Crippen LogP contribution in [0, 0.1) is 5.92 Å². The van der Waals surface area contributed by atoms with Crippen LogP contribution in [0.2, 0.25) is 0 Å². The van der Waals surface area contributed by atoms with Gasteiger partial charge in [-0.3, -0.25) is 9.79 Å². The minimum atomic E-state index is 0. The Labute approximate surface area is 180 Å². The van der Waals surface area contributed by atoms with Crippen LogP contribution < -0.4 is 15.5 Å². The van der Waals surface area contributed by atoms with Crippen molar-refractivity contribution < 1.29 is 9.53 Å². The highest BCUT2D eigenvalue weighted by molar-refractivity contribution is 14.0. The molecule has 0 aromatic heterocycles. The maximum atomic E-state index is 11.8. The quantitative estimate of drug-likeness (QED) is 0.243. The number of nitrogens with zero attached hydrogens (tertiary/aromatic N) is 2. The molecule has 1 heterocycles. The topological polar surface area (TPSA) is 66.0 Å². The fourth-order valence-corrected chi connectivity index (χ4v) is 2.78.